The number of aldehydes is 2. The minimum atomic E-state index is 0.103. The zero-order valence-electron chi connectivity index (χ0n) is 14.7. The first kappa shape index (κ1) is 24.1. The molecule has 0 radical (unpaired) electrons. The van der Waals surface area contributed by atoms with Crippen molar-refractivity contribution in [3.63, 3.8) is 0 Å². The summed E-state index contributed by atoms with van der Waals surface area (Å²) < 4.78 is 36.3. The monoisotopic (exact) mass is 366 g/mol. The van der Waals surface area contributed by atoms with Gasteiger partial charge in [0.05, 0.1) is 79.3 Å². The minimum absolute atomic E-state index is 0.103. The van der Waals surface area contributed by atoms with E-state index in [-0.39, 0.29) is 13.2 Å². The molecule has 9 heteroatoms. The summed E-state index contributed by atoms with van der Waals surface area (Å²) in [4.78, 5) is 20.0. The molecule has 0 atom stereocenters. The van der Waals surface area contributed by atoms with Crippen LogP contribution in [0.1, 0.15) is 0 Å². The standard InChI is InChI=1S/C16H30O9/c17-1-3-19-5-7-21-9-11-23-13-15-25-16-14-24-12-10-22-8-6-20-4-2-18/h1-2H,3-16H2. The lowest BCUT2D eigenvalue weighted by molar-refractivity contribution is -0.113. The molecule has 25 heavy (non-hydrogen) atoms. The molecule has 0 rings (SSSR count). The predicted molar refractivity (Wildman–Crippen MR) is 87.9 cm³/mol. The number of hydrogen-bond acceptors (Lipinski definition) is 9. The SMILES string of the molecule is O=CCOCCOCCOCCOCCOCCOCCOCC=O. The normalized spacial score (nSPS) is 10.9. The first-order valence-corrected chi connectivity index (χ1v) is 8.33. The van der Waals surface area contributed by atoms with Crippen LogP contribution in [0, 0.1) is 0 Å². The van der Waals surface area contributed by atoms with E-state index in [4.69, 9.17) is 33.2 Å². The van der Waals surface area contributed by atoms with E-state index in [1.807, 2.05) is 0 Å². The molecule has 0 N–H and O–H groups in total. The summed E-state index contributed by atoms with van der Waals surface area (Å²) in [6.45, 7) is 5.82. The lowest BCUT2D eigenvalue weighted by Crippen LogP contribution is -2.14. The van der Waals surface area contributed by atoms with Crippen LogP contribution in [0.4, 0.5) is 0 Å². The van der Waals surface area contributed by atoms with Crippen molar-refractivity contribution in [3.8, 4) is 0 Å². The van der Waals surface area contributed by atoms with Gasteiger partial charge in [-0.25, -0.2) is 0 Å². The van der Waals surface area contributed by atoms with E-state index >= 15 is 0 Å². The number of rotatable bonds is 22. The molecule has 0 saturated heterocycles. The fourth-order valence-corrected chi connectivity index (χ4v) is 1.48. The van der Waals surface area contributed by atoms with Crippen molar-refractivity contribution in [2.45, 2.75) is 0 Å². The van der Waals surface area contributed by atoms with E-state index < -0.39 is 0 Å². The Balaban J connectivity index is 2.96. The second-order valence-corrected chi connectivity index (χ2v) is 4.55. The van der Waals surface area contributed by atoms with Gasteiger partial charge in [0.2, 0.25) is 0 Å². The van der Waals surface area contributed by atoms with Crippen LogP contribution in [-0.2, 0) is 42.7 Å². The van der Waals surface area contributed by atoms with Gasteiger partial charge in [-0.3, -0.25) is 0 Å². The summed E-state index contributed by atoms with van der Waals surface area (Å²) in [5.41, 5.74) is 0. The van der Waals surface area contributed by atoms with Gasteiger partial charge >= 0.3 is 0 Å². The first-order valence-electron chi connectivity index (χ1n) is 8.33. The third-order valence-corrected chi connectivity index (χ3v) is 2.60. The van der Waals surface area contributed by atoms with Crippen molar-refractivity contribution in [1.82, 2.24) is 0 Å². The van der Waals surface area contributed by atoms with Crippen LogP contribution in [0.3, 0.4) is 0 Å². The largest absolute Gasteiger partial charge is 0.377 e. The van der Waals surface area contributed by atoms with Gasteiger partial charge in [0.15, 0.2) is 0 Å². The molecule has 0 spiro atoms. The van der Waals surface area contributed by atoms with Crippen molar-refractivity contribution in [1.29, 1.82) is 0 Å². The molecule has 0 aromatic heterocycles. The molecule has 0 aromatic rings. The van der Waals surface area contributed by atoms with Crippen LogP contribution in [0.5, 0.6) is 0 Å². The van der Waals surface area contributed by atoms with E-state index in [9.17, 15) is 9.59 Å². The Morgan fingerprint density at radius 3 is 0.760 bits per heavy atom. The van der Waals surface area contributed by atoms with Gasteiger partial charge in [0.1, 0.15) is 25.8 Å². The summed E-state index contributed by atoms with van der Waals surface area (Å²) in [5, 5.41) is 0. The summed E-state index contributed by atoms with van der Waals surface area (Å²) in [6, 6.07) is 0. The highest BCUT2D eigenvalue weighted by Gasteiger charge is 1.94. The third-order valence-electron chi connectivity index (χ3n) is 2.60. The van der Waals surface area contributed by atoms with E-state index in [1.165, 1.54) is 0 Å². The van der Waals surface area contributed by atoms with Crippen LogP contribution in [-0.4, -0.2) is 105 Å². The number of carbonyl (C=O) groups is 2. The maximum absolute atomic E-state index is 9.98. The third kappa shape index (κ3) is 23.1. The maximum Gasteiger partial charge on any atom is 0.145 e. The summed E-state index contributed by atoms with van der Waals surface area (Å²) >= 11 is 0. The van der Waals surface area contributed by atoms with Gasteiger partial charge in [-0.05, 0) is 0 Å². The van der Waals surface area contributed by atoms with Crippen molar-refractivity contribution < 1.29 is 42.7 Å². The van der Waals surface area contributed by atoms with Crippen LogP contribution < -0.4 is 0 Å². The summed E-state index contributed by atoms with van der Waals surface area (Å²) in [6.07, 6.45) is 1.41. The topological polar surface area (TPSA) is 98.8 Å². The van der Waals surface area contributed by atoms with Crippen molar-refractivity contribution in [2.75, 3.05) is 92.5 Å². The van der Waals surface area contributed by atoms with Gasteiger partial charge < -0.3 is 42.7 Å². The van der Waals surface area contributed by atoms with Crippen LogP contribution in [0.25, 0.3) is 0 Å². The smallest absolute Gasteiger partial charge is 0.145 e. The average molecular weight is 366 g/mol. The molecular weight excluding hydrogens is 336 g/mol. The highest BCUT2D eigenvalue weighted by Crippen LogP contribution is 1.84. The van der Waals surface area contributed by atoms with Crippen LogP contribution >= 0.6 is 0 Å². The Bertz CT molecular complexity index is 250. The fourth-order valence-electron chi connectivity index (χ4n) is 1.48. The molecular formula is C16H30O9. The average Bonchev–Trinajstić information content (AvgIpc) is 2.63. The Labute approximate surface area is 148 Å². The Kier molecular flexibility index (Phi) is 22.2. The van der Waals surface area contributed by atoms with E-state index in [1.54, 1.807) is 0 Å². The van der Waals surface area contributed by atoms with Gasteiger partial charge in [0.25, 0.3) is 0 Å². The second kappa shape index (κ2) is 23.1. The molecule has 0 amide bonds. The van der Waals surface area contributed by atoms with Gasteiger partial charge in [-0.15, -0.1) is 0 Å². The maximum atomic E-state index is 9.98. The van der Waals surface area contributed by atoms with E-state index in [0.717, 1.165) is 0 Å². The molecule has 0 fully saturated rings. The zero-order valence-corrected chi connectivity index (χ0v) is 14.7. The molecule has 0 aliphatic rings. The molecule has 9 nitrogen and oxygen atoms in total. The highest BCUT2D eigenvalue weighted by molar-refractivity contribution is 5.50. The van der Waals surface area contributed by atoms with E-state index in [0.29, 0.717) is 91.9 Å². The van der Waals surface area contributed by atoms with Gasteiger partial charge in [-0.2, -0.15) is 0 Å². The predicted octanol–water partition coefficient (Wildman–Crippen LogP) is -0.500. The molecule has 0 bridgehead atoms. The van der Waals surface area contributed by atoms with Crippen molar-refractivity contribution in [3.05, 3.63) is 0 Å². The molecule has 0 aliphatic carbocycles. The lowest BCUT2D eigenvalue weighted by atomic mass is 10.6. The van der Waals surface area contributed by atoms with Gasteiger partial charge in [-0.1, -0.05) is 0 Å². The minimum Gasteiger partial charge on any atom is -0.377 e. The molecule has 0 heterocycles. The Morgan fingerprint density at radius 1 is 0.360 bits per heavy atom. The highest BCUT2D eigenvalue weighted by atomic mass is 16.6. The lowest BCUT2D eigenvalue weighted by Gasteiger charge is -2.08. The Hall–Kier alpha value is -0.940. The van der Waals surface area contributed by atoms with E-state index in [2.05, 4.69) is 0 Å². The quantitative estimate of drug-likeness (QED) is 0.185. The van der Waals surface area contributed by atoms with Crippen molar-refractivity contribution in [2.24, 2.45) is 0 Å². The first-order chi connectivity index (χ1) is 12.4. The summed E-state index contributed by atoms with van der Waals surface area (Å²) in [7, 11) is 0. The molecule has 0 saturated carbocycles. The number of ether oxygens (including phenoxy) is 7. The van der Waals surface area contributed by atoms with Gasteiger partial charge in [0, 0.05) is 0 Å². The summed E-state index contributed by atoms with van der Waals surface area (Å²) in [5.74, 6) is 0. The molecule has 0 unspecified atom stereocenters. The fraction of sp³-hybridized carbons (Fsp3) is 0.875. The molecule has 148 valence electrons. The zero-order chi connectivity index (χ0) is 18.3. The van der Waals surface area contributed by atoms with Crippen LogP contribution in [0.2, 0.25) is 0 Å². The number of hydrogen-bond donors (Lipinski definition) is 0. The van der Waals surface area contributed by atoms with Crippen LogP contribution in [0.15, 0.2) is 0 Å². The molecule has 0 aromatic carbocycles. The number of carbonyl (C=O) groups excluding carboxylic acids is 2. The Morgan fingerprint density at radius 2 is 0.560 bits per heavy atom. The van der Waals surface area contributed by atoms with Crippen molar-refractivity contribution >= 4 is 12.6 Å². The molecule has 0 aliphatic heterocycles. The second-order valence-electron chi connectivity index (χ2n) is 4.55.